The Labute approximate surface area is 153 Å². The lowest BCUT2D eigenvalue weighted by molar-refractivity contribution is -0.161. The molecule has 144 valence electrons. The average Bonchev–Trinajstić information content (AvgIpc) is 2.49. The highest BCUT2D eigenvalue weighted by molar-refractivity contribution is 6.00. The van der Waals surface area contributed by atoms with Gasteiger partial charge in [-0.05, 0) is 37.0 Å². The van der Waals surface area contributed by atoms with Crippen molar-refractivity contribution < 1.29 is 9.59 Å². The molecule has 2 saturated heterocycles. The zero-order valence-electron chi connectivity index (χ0n) is 17.0. The summed E-state index contributed by atoms with van der Waals surface area (Å²) in [5.41, 5.74) is -0.379. The average molecular weight is 352 g/mol. The van der Waals surface area contributed by atoms with E-state index in [9.17, 15) is 9.59 Å². The van der Waals surface area contributed by atoms with Gasteiger partial charge in [-0.2, -0.15) is 0 Å². The van der Waals surface area contributed by atoms with Gasteiger partial charge in [-0.1, -0.05) is 41.5 Å². The summed E-state index contributed by atoms with van der Waals surface area (Å²) in [6, 6.07) is -0.350. The second-order valence-electron chi connectivity index (χ2n) is 9.51. The molecule has 2 fully saturated rings. The Morgan fingerprint density at radius 1 is 1.20 bits per heavy atom. The molecule has 0 aromatic rings. The number of carbonyl (C=O) groups excluding carboxylic acids is 2. The summed E-state index contributed by atoms with van der Waals surface area (Å²) in [6.45, 7) is 16.5. The van der Waals surface area contributed by atoms with E-state index in [1.165, 1.54) is 0 Å². The van der Waals surface area contributed by atoms with Crippen LogP contribution in [-0.4, -0.2) is 59.4 Å². The van der Waals surface area contributed by atoms with Crippen LogP contribution in [0.25, 0.3) is 0 Å². The predicted molar refractivity (Wildman–Crippen MR) is 101 cm³/mol. The largest absolute Gasteiger partial charge is 0.342 e. The highest BCUT2D eigenvalue weighted by atomic mass is 16.2. The third-order valence-corrected chi connectivity index (χ3v) is 5.34. The van der Waals surface area contributed by atoms with Crippen LogP contribution in [0.2, 0.25) is 0 Å². The number of hydrogen-bond donors (Lipinski definition) is 1. The van der Waals surface area contributed by atoms with E-state index in [2.05, 4.69) is 51.8 Å². The molecule has 2 amide bonds. The van der Waals surface area contributed by atoms with Gasteiger partial charge in [0.1, 0.15) is 11.6 Å². The molecule has 0 saturated carbocycles. The number of piperidine rings is 1. The molecule has 0 bridgehead atoms. The first-order valence-corrected chi connectivity index (χ1v) is 9.94. The fourth-order valence-corrected chi connectivity index (χ4v) is 4.30. The maximum Gasteiger partial charge on any atom is 0.246 e. The molecule has 2 aliphatic rings. The lowest BCUT2D eigenvalue weighted by Crippen LogP contribution is -2.73. The van der Waals surface area contributed by atoms with E-state index in [-0.39, 0.29) is 23.3 Å². The Morgan fingerprint density at radius 3 is 2.28 bits per heavy atom. The molecular weight excluding hydrogens is 314 g/mol. The van der Waals surface area contributed by atoms with Crippen molar-refractivity contribution in [1.82, 2.24) is 15.1 Å². The van der Waals surface area contributed by atoms with Crippen molar-refractivity contribution in [3.05, 3.63) is 0 Å². The van der Waals surface area contributed by atoms with Gasteiger partial charge in [-0.3, -0.25) is 9.59 Å². The van der Waals surface area contributed by atoms with Crippen molar-refractivity contribution >= 4 is 11.8 Å². The van der Waals surface area contributed by atoms with Crippen LogP contribution in [0, 0.1) is 11.3 Å². The molecule has 5 nitrogen and oxygen atoms in total. The van der Waals surface area contributed by atoms with E-state index in [4.69, 9.17) is 0 Å². The summed E-state index contributed by atoms with van der Waals surface area (Å²) in [4.78, 5) is 30.5. The topological polar surface area (TPSA) is 52.7 Å². The van der Waals surface area contributed by atoms with Crippen molar-refractivity contribution in [3.8, 4) is 0 Å². The normalized spacial score (nSPS) is 24.9. The fraction of sp³-hybridized carbons (Fsp3) is 0.900. The van der Waals surface area contributed by atoms with Gasteiger partial charge in [0.15, 0.2) is 0 Å². The van der Waals surface area contributed by atoms with Crippen LogP contribution in [0.3, 0.4) is 0 Å². The summed E-state index contributed by atoms with van der Waals surface area (Å²) in [5.74, 6) is 0.585. The Morgan fingerprint density at radius 2 is 1.80 bits per heavy atom. The molecule has 5 heteroatoms. The number of likely N-dealkylation sites (tertiary alicyclic amines) is 1. The highest BCUT2D eigenvalue weighted by Gasteiger charge is 2.53. The van der Waals surface area contributed by atoms with Gasteiger partial charge in [-0.15, -0.1) is 0 Å². The zero-order chi connectivity index (χ0) is 18.8. The van der Waals surface area contributed by atoms with Gasteiger partial charge >= 0.3 is 0 Å². The monoisotopic (exact) mass is 351 g/mol. The van der Waals surface area contributed by atoms with Crippen molar-refractivity contribution in [1.29, 1.82) is 0 Å². The molecule has 2 aliphatic heterocycles. The number of rotatable bonds is 5. The Hall–Kier alpha value is -1.10. The number of amides is 2. The minimum atomic E-state index is -0.630. The first-order chi connectivity index (χ1) is 11.6. The molecular formula is C20H37N3O2. The lowest BCUT2D eigenvalue weighted by Gasteiger charge is -2.52. The van der Waals surface area contributed by atoms with Gasteiger partial charge in [0, 0.05) is 26.2 Å². The van der Waals surface area contributed by atoms with Crippen LogP contribution >= 0.6 is 0 Å². The number of piperazine rings is 1. The smallest absolute Gasteiger partial charge is 0.246 e. The van der Waals surface area contributed by atoms with Crippen LogP contribution in [0.15, 0.2) is 0 Å². The first kappa shape index (κ1) is 20.2. The molecule has 1 spiro atoms. The Bertz CT molecular complexity index is 488. The van der Waals surface area contributed by atoms with E-state index in [1.54, 1.807) is 0 Å². The standard InChI is InChI=1S/C20H37N3O2/c1-7-10-23-17(24)16(13-15(2)3)21-18(25)20(23)8-11-22(12-9-20)14-19(4,5)6/h15-16H,7-14H2,1-6H3,(H,21,25). The van der Waals surface area contributed by atoms with E-state index in [0.717, 1.165) is 45.3 Å². The minimum Gasteiger partial charge on any atom is -0.342 e. The molecule has 0 aromatic heterocycles. The third-order valence-electron chi connectivity index (χ3n) is 5.34. The van der Waals surface area contributed by atoms with Crippen molar-refractivity contribution in [2.24, 2.45) is 11.3 Å². The summed E-state index contributed by atoms with van der Waals surface area (Å²) >= 11 is 0. The minimum absolute atomic E-state index is 0.0709. The number of nitrogens with one attached hydrogen (secondary N) is 1. The summed E-state index contributed by atoms with van der Waals surface area (Å²) in [6.07, 6.45) is 3.10. The molecule has 1 unspecified atom stereocenters. The van der Waals surface area contributed by atoms with Gasteiger partial charge < -0.3 is 15.1 Å². The molecule has 2 heterocycles. The quantitative estimate of drug-likeness (QED) is 0.828. The molecule has 1 N–H and O–H groups in total. The molecule has 25 heavy (non-hydrogen) atoms. The predicted octanol–water partition coefficient (Wildman–Crippen LogP) is 2.65. The third kappa shape index (κ3) is 4.55. The van der Waals surface area contributed by atoms with Crippen LogP contribution < -0.4 is 5.32 Å². The maximum absolute atomic E-state index is 13.1. The summed E-state index contributed by atoms with van der Waals surface area (Å²) < 4.78 is 0. The van der Waals surface area contributed by atoms with E-state index >= 15 is 0 Å². The van der Waals surface area contributed by atoms with Gasteiger partial charge in [0.25, 0.3) is 0 Å². The number of hydrogen-bond acceptors (Lipinski definition) is 3. The molecule has 1 atom stereocenters. The first-order valence-electron chi connectivity index (χ1n) is 9.94. The van der Waals surface area contributed by atoms with Gasteiger partial charge in [0.2, 0.25) is 11.8 Å². The van der Waals surface area contributed by atoms with Crippen LogP contribution in [0.4, 0.5) is 0 Å². The number of carbonyl (C=O) groups is 2. The van der Waals surface area contributed by atoms with Crippen LogP contribution in [-0.2, 0) is 9.59 Å². The highest BCUT2D eigenvalue weighted by Crippen LogP contribution is 2.34. The van der Waals surface area contributed by atoms with Gasteiger partial charge in [-0.25, -0.2) is 0 Å². The van der Waals surface area contributed by atoms with Crippen molar-refractivity contribution in [3.63, 3.8) is 0 Å². The zero-order valence-corrected chi connectivity index (χ0v) is 17.0. The second kappa shape index (κ2) is 7.65. The van der Waals surface area contributed by atoms with E-state index < -0.39 is 5.54 Å². The summed E-state index contributed by atoms with van der Waals surface area (Å²) in [7, 11) is 0. The Balaban J connectivity index is 2.16. The second-order valence-corrected chi connectivity index (χ2v) is 9.51. The van der Waals surface area contributed by atoms with Crippen LogP contribution in [0.1, 0.15) is 67.2 Å². The maximum atomic E-state index is 13.1. The lowest BCUT2D eigenvalue weighted by atomic mass is 9.80. The molecule has 0 aliphatic carbocycles. The van der Waals surface area contributed by atoms with E-state index in [1.807, 2.05) is 4.90 Å². The van der Waals surface area contributed by atoms with Crippen LogP contribution in [0.5, 0.6) is 0 Å². The number of nitrogens with zero attached hydrogens (tertiary/aromatic N) is 2. The molecule has 0 aromatic carbocycles. The van der Waals surface area contributed by atoms with Crippen molar-refractivity contribution in [2.75, 3.05) is 26.2 Å². The van der Waals surface area contributed by atoms with Crippen molar-refractivity contribution in [2.45, 2.75) is 78.8 Å². The Kier molecular flexibility index (Phi) is 6.18. The summed E-state index contributed by atoms with van der Waals surface area (Å²) in [5, 5.41) is 3.06. The SMILES string of the molecule is CCCN1C(=O)C(CC(C)C)NC(=O)C12CCN(CC(C)(C)C)CC2. The van der Waals surface area contributed by atoms with E-state index in [0.29, 0.717) is 12.5 Å². The van der Waals surface area contributed by atoms with Gasteiger partial charge in [0.05, 0.1) is 0 Å². The molecule has 2 rings (SSSR count). The fourth-order valence-electron chi connectivity index (χ4n) is 4.30. The molecule has 0 radical (unpaired) electrons.